The molecule has 1 rings (SSSR count). The Kier molecular flexibility index (Phi) is 19.6. The van der Waals surface area contributed by atoms with E-state index < -0.39 is 65.2 Å². The molecule has 1 aliphatic rings. The predicted octanol–water partition coefficient (Wildman–Crippen LogP) is 4.94. The molecule has 0 bridgehead atoms. The number of alkyl halides is 1. The van der Waals surface area contributed by atoms with Crippen molar-refractivity contribution in [3.8, 4) is 0 Å². The van der Waals surface area contributed by atoms with Crippen molar-refractivity contribution in [3.05, 3.63) is 70.8 Å². The minimum absolute atomic E-state index is 0.0806. The Hall–Kier alpha value is -2.84. The molecule has 8 unspecified atom stereocenters. The lowest BCUT2D eigenvalue weighted by Gasteiger charge is -2.30. The molecule has 1 amide bonds. The number of nitrogens with two attached hydrogens (primary N) is 1. The number of allylic oxidation sites excluding steroid dienone is 9. The maximum Gasteiger partial charge on any atom is 0.405 e. The zero-order chi connectivity index (χ0) is 34.8. The van der Waals surface area contributed by atoms with E-state index >= 15 is 0 Å². The molecule has 1 saturated carbocycles. The third-order valence-corrected chi connectivity index (χ3v) is 9.30. The summed E-state index contributed by atoms with van der Waals surface area (Å²) in [7, 11) is 0. The van der Waals surface area contributed by atoms with E-state index in [4.69, 9.17) is 20.3 Å². The van der Waals surface area contributed by atoms with Gasteiger partial charge in [-0.1, -0.05) is 99.9 Å². The van der Waals surface area contributed by atoms with Crippen LogP contribution in [0, 0.1) is 11.8 Å². The van der Waals surface area contributed by atoms with Gasteiger partial charge in [-0.25, -0.2) is 9.59 Å². The number of carboxylic acids is 1. The SMILES string of the molecule is CC/C=C/C(OC(N)=O)C(Br)C(O)CC(=O)CC(O)C(C)/C(Br)=C/C=C/C=C(C)/C=C/C=C/C(=O)OC1CC(C(=O)O)CCC1O. The number of aliphatic hydroxyl groups is 3. The second-order valence-corrected chi connectivity index (χ2v) is 13.0. The summed E-state index contributed by atoms with van der Waals surface area (Å²) in [6.45, 7) is 5.49. The summed E-state index contributed by atoms with van der Waals surface area (Å²) in [6, 6.07) is 0. The van der Waals surface area contributed by atoms with Gasteiger partial charge in [0, 0.05) is 35.7 Å². The molecular weight excluding hydrogens is 730 g/mol. The zero-order valence-electron chi connectivity index (χ0n) is 26.2. The molecular formula is C33H45Br2NO10. The number of carboxylic acid groups (broad SMARTS) is 1. The van der Waals surface area contributed by atoms with Crippen LogP contribution in [0.15, 0.2) is 70.8 Å². The van der Waals surface area contributed by atoms with Crippen LogP contribution in [-0.4, -0.2) is 79.6 Å². The van der Waals surface area contributed by atoms with Crippen molar-refractivity contribution in [1.29, 1.82) is 0 Å². The molecule has 0 aromatic heterocycles. The summed E-state index contributed by atoms with van der Waals surface area (Å²) >= 11 is 6.72. The second kappa shape index (κ2) is 21.9. The molecule has 8 atom stereocenters. The van der Waals surface area contributed by atoms with Gasteiger partial charge in [-0.05, 0) is 32.3 Å². The number of aliphatic hydroxyl groups excluding tert-OH is 3. The normalized spacial score (nSPS) is 23.0. The predicted molar refractivity (Wildman–Crippen MR) is 181 cm³/mol. The monoisotopic (exact) mass is 773 g/mol. The largest absolute Gasteiger partial charge is 0.481 e. The maximum absolute atomic E-state index is 12.6. The second-order valence-electron chi connectivity index (χ2n) is 11.0. The fourth-order valence-electron chi connectivity index (χ4n) is 4.41. The van der Waals surface area contributed by atoms with Crippen molar-refractivity contribution in [2.45, 2.75) is 94.6 Å². The summed E-state index contributed by atoms with van der Waals surface area (Å²) < 4.78 is 10.9. The number of rotatable bonds is 18. The molecule has 0 aromatic carbocycles. The summed E-state index contributed by atoms with van der Waals surface area (Å²) in [5.41, 5.74) is 5.97. The Morgan fingerprint density at radius 1 is 1.00 bits per heavy atom. The van der Waals surface area contributed by atoms with Gasteiger partial charge in [-0.2, -0.15) is 0 Å². The number of aliphatic carboxylic acids is 1. The van der Waals surface area contributed by atoms with Gasteiger partial charge in [-0.3, -0.25) is 9.59 Å². The zero-order valence-corrected chi connectivity index (χ0v) is 29.4. The van der Waals surface area contributed by atoms with Crippen molar-refractivity contribution in [1.82, 2.24) is 0 Å². The molecule has 1 aliphatic carbocycles. The molecule has 1 fully saturated rings. The van der Waals surface area contributed by atoms with Gasteiger partial charge in [-0.15, -0.1) is 0 Å². The number of amides is 1. The van der Waals surface area contributed by atoms with Crippen LogP contribution in [-0.2, 0) is 23.9 Å². The quantitative estimate of drug-likeness (QED) is 0.0419. The average Bonchev–Trinajstić information content (AvgIpc) is 2.99. The van der Waals surface area contributed by atoms with Crippen LogP contribution in [0.1, 0.15) is 59.3 Å². The number of hydrogen-bond donors (Lipinski definition) is 5. The molecule has 0 saturated heterocycles. The number of hydrogen-bond acceptors (Lipinski definition) is 9. The van der Waals surface area contributed by atoms with Crippen LogP contribution < -0.4 is 5.73 Å². The third kappa shape index (κ3) is 16.1. The van der Waals surface area contributed by atoms with Gasteiger partial charge in [0.2, 0.25) is 0 Å². The lowest BCUT2D eigenvalue weighted by molar-refractivity contribution is -0.159. The Morgan fingerprint density at radius 2 is 1.63 bits per heavy atom. The van der Waals surface area contributed by atoms with Crippen molar-refractivity contribution < 1.29 is 49.1 Å². The first-order valence-corrected chi connectivity index (χ1v) is 16.7. The highest BCUT2D eigenvalue weighted by Crippen LogP contribution is 2.27. The minimum Gasteiger partial charge on any atom is -0.481 e. The van der Waals surface area contributed by atoms with Gasteiger partial charge in [0.15, 0.2) is 0 Å². The third-order valence-electron chi connectivity index (χ3n) is 7.18. The Bertz CT molecular complexity index is 1210. The number of ether oxygens (including phenoxy) is 2. The molecule has 0 aliphatic heterocycles. The van der Waals surface area contributed by atoms with Crippen LogP contribution in [0.25, 0.3) is 0 Å². The number of carbonyl (C=O) groups is 4. The molecule has 46 heavy (non-hydrogen) atoms. The summed E-state index contributed by atoms with van der Waals surface area (Å²) in [5, 5.41) is 40.3. The highest BCUT2D eigenvalue weighted by molar-refractivity contribution is 9.11. The summed E-state index contributed by atoms with van der Waals surface area (Å²) in [5.74, 6) is -3.05. The number of halogens is 2. The topological polar surface area (TPSA) is 194 Å². The fourth-order valence-corrected chi connectivity index (χ4v) is 5.34. The van der Waals surface area contributed by atoms with E-state index in [1.807, 2.05) is 19.9 Å². The molecule has 0 aromatic rings. The first-order chi connectivity index (χ1) is 21.7. The first kappa shape index (κ1) is 41.2. The van der Waals surface area contributed by atoms with E-state index in [0.29, 0.717) is 17.3 Å². The lowest BCUT2D eigenvalue weighted by atomic mass is 9.85. The van der Waals surface area contributed by atoms with E-state index in [2.05, 4.69) is 31.9 Å². The molecule has 256 valence electrons. The van der Waals surface area contributed by atoms with Crippen molar-refractivity contribution in [2.75, 3.05) is 0 Å². The number of esters is 1. The molecule has 0 spiro atoms. The van der Waals surface area contributed by atoms with Gasteiger partial charge < -0.3 is 35.6 Å². The Morgan fingerprint density at radius 3 is 2.26 bits per heavy atom. The summed E-state index contributed by atoms with van der Waals surface area (Å²) in [6.07, 6.45) is 11.6. The maximum atomic E-state index is 12.6. The van der Waals surface area contributed by atoms with Crippen LogP contribution in [0.3, 0.4) is 0 Å². The van der Waals surface area contributed by atoms with Crippen LogP contribution in [0.2, 0.25) is 0 Å². The smallest absolute Gasteiger partial charge is 0.405 e. The number of ketones is 1. The average molecular weight is 776 g/mol. The number of primary amides is 1. The van der Waals surface area contributed by atoms with Gasteiger partial charge in [0.05, 0.1) is 29.1 Å². The molecule has 6 N–H and O–H groups in total. The lowest BCUT2D eigenvalue weighted by Crippen LogP contribution is -2.39. The van der Waals surface area contributed by atoms with Crippen molar-refractivity contribution >= 4 is 55.7 Å². The van der Waals surface area contributed by atoms with Crippen LogP contribution >= 0.6 is 31.9 Å². The van der Waals surface area contributed by atoms with E-state index in [0.717, 1.165) is 5.57 Å². The molecule has 0 heterocycles. The standard InChI is InChI=1S/C33H45Br2NO10/c1-4-5-13-28(46-33(36)44)31(35)27(40)19-23(37)18-26(39)21(3)24(34)12-8-6-10-20(2)11-7-9-14-30(41)45-29-17-22(32(42)43)15-16-25(29)38/h5-14,21-22,25-29,31,38-40H,4,15-19H2,1-3H3,(H2,36,44)(H,42,43)/b8-6+,11-7+,13-5+,14-9+,20-10+,24-12-. The Balaban J connectivity index is 2.58. The van der Waals surface area contributed by atoms with E-state index in [9.17, 15) is 34.5 Å². The van der Waals surface area contributed by atoms with Gasteiger partial charge in [0.1, 0.15) is 18.0 Å². The van der Waals surface area contributed by atoms with E-state index in [-0.39, 0.29) is 31.5 Å². The summed E-state index contributed by atoms with van der Waals surface area (Å²) in [4.78, 5) is 46.2. The van der Waals surface area contributed by atoms with Gasteiger partial charge in [0.25, 0.3) is 0 Å². The van der Waals surface area contributed by atoms with Gasteiger partial charge >= 0.3 is 18.0 Å². The van der Waals surface area contributed by atoms with Crippen LogP contribution in [0.5, 0.6) is 0 Å². The Labute approximate surface area is 286 Å². The highest BCUT2D eigenvalue weighted by Gasteiger charge is 2.35. The number of Topliss-reactive ketones (excluding diaryl/α,β-unsaturated/α-hetero) is 1. The first-order valence-electron chi connectivity index (χ1n) is 15.0. The molecule has 13 heteroatoms. The minimum atomic E-state index is -1.18. The molecule has 0 radical (unpaired) electrons. The van der Waals surface area contributed by atoms with Crippen molar-refractivity contribution in [3.63, 3.8) is 0 Å². The van der Waals surface area contributed by atoms with Crippen molar-refractivity contribution in [2.24, 2.45) is 17.6 Å². The highest BCUT2D eigenvalue weighted by atomic mass is 79.9. The number of carbonyl (C=O) groups excluding carboxylic acids is 3. The fraction of sp³-hybridized carbons (Fsp3) is 0.515. The van der Waals surface area contributed by atoms with E-state index in [1.54, 1.807) is 49.5 Å². The van der Waals surface area contributed by atoms with Crippen LogP contribution in [0.4, 0.5) is 4.79 Å². The molecule has 11 nitrogen and oxygen atoms in total. The van der Waals surface area contributed by atoms with E-state index in [1.165, 1.54) is 12.2 Å².